The van der Waals surface area contributed by atoms with Gasteiger partial charge in [0, 0.05) is 19.3 Å². The zero-order chi connectivity index (χ0) is 54.3. The smallest absolute Gasteiger partial charge is 0.306 e. The Morgan fingerprint density at radius 2 is 0.533 bits per heavy atom. The van der Waals surface area contributed by atoms with Gasteiger partial charge in [-0.15, -0.1) is 0 Å². The lowest BCUT2D eigenvalue weighted by atomic mass is 10.0. The Morgan fingerprint density at radius 3 is 0.867 bits per heavy atom. The molecule has 0 bridgehead atoms. The van der Waals surface area contributed by atoms with Gasteiger partial charge in [0.25, 0.3) is 0 Å². The van der Waals surface area contributed by atoms with E-state index < -0.39 is 6.10 Å². The second kappa shape index (κ2) is 63.4. The van der Waals surface area contributed by atoms with E-state index in [1.807, 2.05) is 0 Å². The van der Waals surface area contributed by atoms with Crippen molar-refractivity contribution in [2.24, 2.45) is 0 Å². The van der Waals surface area contributed by atoms with E-state index in [4.69, 9.17) is 14.2 Å². The van der Waals surface area contributed by atoms with Crippen LogP contribution in [-0.4, -0.2) is 37.2 Å². The molecule has 0 spiro atoms. The largest absolute Gasteiger partial charge is 0.462 e. The zero-order valence-corrected chi connectivity index (χ0v) is 49.8. The fraction of sp³-hybridized carbons (Fsp3) is 0.783. The van der Waals surface area contributed by atoms with Crippen molar-refractivity contribution >= 4 is 17.9 Å². The highest BCUT2D eigenvalue weighted by atomic mass is 16.6. The molecular weight excluding hydrogens is 925 g/mol. The molecule has 0 heterocycles. The third-order valence-electron chi connectivity index (χ3n) is 14.2. The normalized spacial score (nSPS) is 12.5. The van der Waals surface area contributed by atoms with Crippen LogP contribution in [-0.2, 0) is 28.6 Å². The van der Waals surface area contributed by atoms with E-state index in [0.29, 0.717) is 19.3 Å². The van der Waals surface area contributed by atoms with Gasteiger partial charge in [0.2, 0.25) is 0 Å². The Balaban J connectivity index is 4.22. The molecule has 1 atom stereocenters. The summed E-state index contributed by atoms with van der Waals surface area (Å²) in [6, 6.07) is 0. The van der Waals surface area contributed by atoms with Crippen molar-refractivity contribution in [3.05, 3.63) is 72.9 Å². The Hall–Kier alpha value is -3.15. The number of esters is 3. The fourth-order valence-electron chi connectivity index (χ4n) is 9.29. The minimum atomic E-state index is -0.779. The van der Waals surface area contributed by atoms with Crippen molar-refractivity contribution in [1.82, 2.24) is 0 Å². The summed E-state index contributed by atoms with van der Waals surface area (Å²) in [5, 5.41) is 0. The molecule has 0 saturated heterocycles. The predicted molar refractivity (Wildman–Crippen MR) is 325 cm³/mol. The van der Waals surface area contributed by atoms with Crippen LogP contribution in [0.1, 0.15) is 329 Å². The third-order valence-corrected chi connectivity index (χ3v) is 14.2. The van der Waals surface area contributed by atoms with E-state index in [1.165, 1.54) is 199 Å². The first-order chi connectivity index (χ1) is 37.0. The van der Waals surface area contributed by atoms with Gasteiger partial charge in [0.05, 0.1) is 0 Å². The summed E-state index contributed by atoms with van der Waals surface area (Å²) in [6.07, 6.45) is 82.0. The van der Waals surface area contributed by atoms with Crippen LogP contribution in [0.15, 0.2) is 72.9 Å². The molecule has 0 fully saturated rings. The van der Waals surface area contributed by atoms with Gasteiger partial charge in [-0.2, -0.15) is 0 Å². The standard InChI is InChI=1S/C69H122O6/c1-4-7-10-13-16-19-22-24-26-28-30-31-32-33-34-35-36-37-39-40-42-44-47-50-53-56-59-62-68(71)74-65-66(64-73-67(70)61-58-55-52-49-46-21-18-15-12-9-6-3)75-69(72)63-60-57-54-51-48-45-43-41-38-29-27-25-23-20-17-14-11-8-5-2/h7,10,15-16,18-19,24-27,30-31,66H,4-6,8-9,11-14,17,20-23,28-29,32-65H2,1-3H3/b10-7-,18-15-,19-16-,26-24-,27-25-,31-30-. The lowest BCUT2D eigenvalue weighted by Crippen LogP contribution is -2.30. The Bertz CT molecular complexity index is 1390. The van der Waals surface area contributed by atoms with Gasteiger partial charge in [-0.05, 0) is 103 Å². The minimum absolute atomic E-state index is 0.0765. The van der Waals surface area contributed by atoms with Crippen LogP contribution in [0.5, 0.6) is 0 Å². The first-order valence-corrected chi connectivity index (χ1v) is 32.4. The van der Waals surface area contributed by atoms with Crippen LogP contribution < -0.4 is 0 Å². The number of unbranched alkanes of at least 4 members (excludes halogenated alkanes) is 36. The van der Waals surface area contributed by atoms with Crippen molar-refractivity contribution < 1.29 is 28.6 Å². The molecule has 0 aromatic heterocycles. The van der Waals surface area contributed by atoms with Crippen molar-refractivity contribution in [3.63, 3.8) is 0 Å². The summed E-state index contributed by atoms with van der Waals surface area (Å²) in [5.74, 6) is -0.874. The van der Waals surface area contributed by atoms with Gasteiger partial charge in [-0.25, -0.2) is 0 Å². The van der Waals surface area contributed by atoms with Crippen molar-refractivity contribution in [2.75, 3.05) is 13.2 Å². The van der Waals surface area contributed by atoms with E-state index in [2.05, 4.69) is 93.7 Å². The second-order valence-electron chi connectivity index (χ2n) is 21.6. The van der Waals surface area contributed by atoms with Gasteiger partial charge in [-0.1, -0.05) is 280 Å². The number of hydrogen-bond acceptors (Lipinski definition) is 6. The van der Waals surface area contributed by atoms with Gasteiger partial charge < -0.3 is 14.2 Å². The van der Waals surface area contributed by atoms with E-state index in [-0.39, 0.29) is 31.1 Å². The fourth-order valence-corrected chi connectivity index (χ4v) is 9.29. The van der Waals surface area contributed by atoms with Crippen molar-refractivity contribution in [3.8, 4) is 0 Å². The summed E-state index contributed by atoms with van der Waals surface area (Å²) >= 11 is 0. The second-order valence-corrected chi connectivity index (χ2v) is 21.6. The summed E-state index contributed by atoms with van der Waals surface area (Å²) in [4.78, 5) is 38.3. The van der Waals surface area contributed by atoms with Crippen LogP contribution in [0.2, 0.25) is 0 Å². The zero-order valence-electron chi connectivity index (χ0n) is 49.8. The maximum absolute atomic E-state index is 12.9. The molecule has 0 amide bonds. The quantitative estimate of drug-likeness (QED) is 0.0261. The van der Waals surface area contributed by atoms with Crippen LogP contribution in [0.4, 0.5) is 0 Å². The Kier molecular flexibility index (Phi) is 60.7. The molecule has 0 aliphatic heterocycles. The highest BCUT2D eigenvalue weighted by molar-refractivity contribution is 5.71. The number of carbonyl (C=O) groups excluding carboxylic acids is 3. The molecule has 6 heteroatoms. The minimum Gasteiger partial charge on any atom is -0.462 e. The highest BCUT2D eigenvalue weighted by Crippen LogP contribution is 2.17. The van der Waals surface area contributed by atoms with Crippen LogP contribution in [0, 0.1) is 0 Å². The topological polar surface area (TPSA) is 78.9 Å². The SMILES string of the molecule is CC/C=C\C/C=C\C/C=C\C/C=C\CCCCCCCCCCCCCCCCC(=O)OCC(COC(=O)CCCCCCC/C=C\CCCC)OC(=O)CCCCCCCCCCC/C=C\CCCCCCCC. The van der Waals surface area contributed by atoms with E-state index in [1.54, 1.807) is 0 Å². The van der Waals surface area contributed by atoms with Gasteiger partial charge >= 0.3 is 17.9 Å². The van der Waals surface area contributed by atoms with Crippen LogP contribution in [0.3, 0.4) is 0 Å². The van der Waals surface area contributed by atoms with Gasteiger partial charge in [0.1, 0.15) is 13.2 Å². The molecule has 0 aromatic rings. The molecule has 0 saturated carbocycles. The van der Waals surface area contributed by atoms with E-state index in [0.717, 1.165) is 89.9 Å². The molecule has 6 nitrogen and oxygen atoms in total. The monoisotopic (exact) mass is 1050 g/mol. The summed E-state index contributed by atoms with van der Waals surface area (Å²) in [5.41, 5.74) is 0. The number of ether oxygens (including phenoxy) is 3. The molecular formula is C69H122O6. The first-order valence-electron chi connectivity index (χ1n) is 32.4. The molecule has 434 valence electrons. The van der Waals surface area contributed by atoms with Crippen LogP contribution >= 0.6 is 0 Å². The molecule has 0 radical (unpaired) electrons. The lowest BCUT2D eigenvalue weighted by molar-refractivity contribution is -0.167. The molecule has 0 aliphatic rings. The van der Waals surface area contributed by atoms with E-state index >= 15 is 0 Å². The van der Waals surface area contributed by atoms with Gasteiger partial charge in [-0.3, -0.25) is 14.4 Å². The Morgan fingerprint density at radius 1 is 0.280 bits per heavy atom. The Labute approximate surface area is 465 Å². The predicted octanol–water partition coefficient (Wildman–Crippen LogP) is 22.1. The molecule has 0 N–H and O–H groups in total. The molecule has 0 rings (SSSR count). The number of hydrogen-bond donors (Lipinski definition) is 0. The molecule has 1 unspecified atom stereocenters. The number of allylic oxidation sites excluding steroid dienone is 12. The molecule has 0 aliphatic carbocycles. The summed E-state index contributed by atoms with van der Waals surface area (Å²) in [7, 11) is 0. The summed E-state index contributed by atoms with van der Waals surface area (Å²) in [6.45, 7) is 6.51. The lowest BCUT2D eigenvalue weighted by Gasteiger charge is -2.18. The van der Waals surface area contributed by atoms with Crippen molar-refractivity contribution in [2.45, 2.75) is 335 Å². The number of rotatable bonds is 59. The van der Waals surface area contributed by atoms with Crippen molar-refractivity contribution in [1.29, 1.82) is 0 Å². The summed E-state index contributed by atoms with van der Waals surface area (Å²) < 4.78 is 16.9. The molecule has 0 aromatic carbocycles. The molecule has 75 heavy (non-hydrogen) atoms. The number of carbonyl (C=O) groups is 3. The van der Waals surface area contributed by atoms with Crippen LogP contribution in [0.25, 0.3) is 0 Å². The maximum Gasteiger partial charge on any atom is 0.306 e. The maximum atomic E-state index is 12.9. The first kappa shape index (κ1) is 71.8. The third kappa shape index (κ3) is 61.6. The highest BCUT2D eigenvalue weighted by Gasteiger charge is 2.19. The average molecular weight is 1050 g/mol. The average Bonchev–Trinajstić information content (AvgIpc) is 3.41. The van der Waals surface area contributed by atoms with Gasteiger partial charge in [0.15, 0.2) is 6.10 Å². The van der Waals surface area contributed by atoms with E-state index in [9.17, 15) is 14.4 Å².